The highest BCUT2D eigenvalue weighted by molar-refractivity contribution is 7.20. The molecule has 8 heteroatoms. The molecule has 0 saturated heterocycles. The highest BCUT2D eigenvalue weighted by Gasteiger charge is 2.20. The summed E-state index contributed by atoms with van der Waals surface area (Å²) in [5.41, 5.74) is 0.848. The molecule has 0 bridgehead atoms. The van der Waals surface area contributed by atoms with Gasteiger partial charge < -0.3 is 19.7 Å². The molecule has 0 spiro atoms. The van der Waals surface area contributed by atoms with Crippen molar-refractivity contribution in [3.05, 3.63) is 16.3 Å². The Hall–Kier alpha value is -1.77. The Kier molecular flexibility index (Phi) is 6.47. The van der Waals surface area contributed by atoms with E-state index in [1.807, 2.05) is 21.0 Å². The fourth-order valence-electron chi connectivity index (χ4n) is 2.38. The standard InChI is InChI=1S/C16H24N4O3S/c1-10-12-15(23-5)18-11(9-22-4)19-16(12)24-13(10)14(21)17-7-6-8-20(2)3/h6-9H2,1-5H3,(H,17,21). The van der Waals surface area contributed by atoms with Crippen molar-refractivity contribution in [2.45, 2.75) is 20.0 Å². The minimum Gasteiger partial charge on any atom is -0.480 e. The summed E-state index contributed by atoms with van der Waals surface area (Å²) in [6.45, 7) is 3.78. The molecule has 0 unspecified atom stereocenters. The van der Waals surface area contributed by atoms with Crippen molar-refractivity contribution >= 4 is 27.5 Å². The number of hydrogen-bond acceptors (Lipinski definition) is 7. The normalized spacial score (nSPS) is 11.2. The van der Waals surface area contributed by atoms with Gasteiger partial charge >= 0.3 is 0 Å². The molecule has 132 valence electrons. The number of amides is 1. The first kappa shape index (κ1) is 18.6. The summed E-state index contributed by atoms with van der Waals surface area (Å²) in [5.74, 6) is 0.943. The first-order valence-corrected chi connectivity index (χ1v) is 8.55. The Labute approximate surface area is 146 Å². The van der Waals surface area contributed by atoms with E-state index >= 15 is 0 Å². The van der Waals surface area contributed by atoms with Crippen LogP contribution in [0.1, 0.15) is 27.5 Å². The van der Waals surface area contributed by atoms with Crippen molar-refractivity contribution in [3.63, 3.8) is 0 Å². The molecule has 0 saturated carbocycles. The first-order valence-electron chi connectivity index (χ1n) is 7.73. The van der Waals surface area contributed by atoms with Gasteiger partial charge in [0.05, 0.1) is 17.4 Å². The molecular formula is C16H24N4O3S. The Morgan fingerprint density at radius 1 is 1.29 bits per heavy atom. The number of hydrogen-bond donors (Lipinski definition) is 1. The number of fused-ring (bicyclic) bond motifs is 1. The third-order valence-corrected chi connectivity index (χ3v) is 4.73. The van der Waals surface area contributed by atoms with E-state index in [1.54, 1.807) is 14.2 Å². The summed E-state index contributed by atoms with van der Waals surface area (Å²) in [6, 6.07) is 0. The lowest BCUT2D eigenvalue weighted by molar-refractivity contribution is 0.0956. The maximum atomic E-state index is 12.5. The molecule has 2 rings (SSSR count). The van der Waals surface area contributed by atoms with Crippen LogP contribution in [0.25, 0.3) is 10.2 Å². The molecule has 0 radical (unpaired) electrons. The predicted molar refractivity (Wildman–Crippen MR) is 94.9 cm³/mol. The van der Waals surface area contributed by atoms with Gasteiger partial charge in [0.1, 0.15) is 11.4 Å². The fraction of sp³-hybridized carbons (Fsp3) is 0.562. The van der Waals surface area contributed by atoms with Gasteiger partial charge in [-0.3, -0.25) is 4.79 Å². The maximum absolute atomic E-state index is 12.5. The highest BCUT2D eigenvalue weighted by Crippen LogP contribution is 2.34. The van der Waals surface area contributed by atoms with Crippen molar-refractivity contribution < 1.29 is 14.3 Å². The largest absolute Gasteiger partial charge is 0.480 e. The zero-order valence-corrected chi connectivity index (χ0v) is 15.6. The van der Waals surface area contributed by atoms with Gasteiger partial charge in [0.15, 0.2) is 5.82 Å². The third kappa shape index (κ3) is 4.19. The molecule has 1 N–H and O–H groups in total. The van der Waals surface area contributed by atoms with E-state index in [0.717, 1.165) is 28.7 Å². The van der Waals surface area contributed by atoms with Gasteiger partial charge in [-0.25, -0.2) is 4.98 Å². The lowest BCUT2D eigenvalue weighted by atomic mass is 10.2. The van der Waals surface area contributed by atoms with Crippen LogP contribution in [0, 0.1) is 6.92 Å². The number of rotatable bonds is 8. The van der Waals surface area contributed by atoms with Gasteiger partial charge in [0.2, 0.25) is 5.88 Å². The number of carbonyl (C=O) groups is 1. The summed E-state index contributed by atoms with van der Waals surface area (Å²) in [4.78, 5) is 24.8. The van der Waals surface area contributed by atoms with Crippen LogP contribution in [0.4, 0.5) is 0 Å². The number of nitrogens with one attached hydrogen (secondary N) is 1. The van der Waals surface area contributed by atoms with Gasteiger partial charge in [-0.1, -0.05) is 0 Å². The van der Waals surface area contributed by atoms with E-state index < -0.39 is 0 Å². The summed E-state index contributed by atoms with van der Waals surface area (Å²) < 4.78 is 10.5. The van der Waals surface area contributed by atoms with Crippen molar-refractivity contribution in [3.8, 4) is 5.88 Å². The first-order chi connectivity index (χ1) is 11.5. The molecule has 0 aromatic carbocycles. The van der Waals surface area contributed by atoms with E-state index in [-0.39, 0.29) is 5.91 Å². The SMILES string of the molecule is COCc1nc(OC)c2c(C)c(C(=O)NCCCN(C)C)sc2n1. The Bertz CT molecular complexity index is 715. The summed E-state index contributed by atoms with van der Waals surface area (Å²) in [7, 11) is 7.18. The fourth-order valence-corrected chi connectivity index (χ4v) is 3.49. The zero-order chi connectivity index (χ0) is 17.7. The number of carbonyl (C=O) groups excluding carboxylic acids is 1. The molecule has 0 aliphatic carbocycles. The molecule has 24 heavy (non-hydrogen) atoms. The van der Waals surface area contributed by atoms with Gasteiger partial charge in [-0.2, -0.15) is 4.98 Å². The van der Waals surface area contributed by atoms with Crippen LogP contribution in [0.3, 0.4) is 0 Å². The van der Waals surface area contributed by atoms with Crippen LogP contribution in [-0.2, 0) is 11.3 Å². The Morgan fingerprint density at radius 2 is 2.04 bits per heavy atom. The predicted octanol–water partition coefficient (Wildman–Crippen LogP) is 1.84. The second-order valence-electron chi connectivity index (χ2n) is 5.73. The molecule has 7 nitrogen and oxygen atoms in total. The molecule has 0 aliphatic heterocycles. The van der Waals surface area contributed by atoms with Crippen molar-refractivity contribution in [1.29, 1.82) is 0 Å². The molecule has 1 amide bonds. The number of thiophene rings is 1. The van der Waals surface area contributed by atoms with Crippen LogP contribution >= 0.6 is 11.3 Å². The molecule has 0 aliphatic rings. The van der Waals surface area contributed by atoms with Crippen molar-refractivity contribution in [2.75, 3.05) is 41.4 Å². The number of aryl methyl sites for hydroxylation is 1. The van der Waals surface area contributed by atoms with E-state index in [2.05, 4.69) is 20.2 Å². The Morgan fingerprint density at radius 3 is 2.67 bits per heavy atom. The summed E-state index contributed by atoms with van der Waals surface area (Å²) in [5, 5.41) is 3.76. The quantitative estimate of drug-likeness (QED) is 0.731. The van der Waals surface area contributed by atoms with Crippen LogP contribution in [0.15, 0.2) is 0 Å². The lowest BCUT2D eigenvalue weighted by Crippen LogP contribution is -2.26. The molecule has 2 aromatic heterocycles. The van der Waals surface area contributed by atoms with E-state index in [0.29, 0.717) is 29.7 Å². The maximum Gasteiger partial charge on any atom is 0.261 e. The number of nitrogens with zero attached hydrogens (tertiary/aromatic N) is 3. The minimum atomic E-state index is -0.0791. The monoisotopic (exact) mass is 352 g/mol. The van der Waals surface area contributed by atoms with Crippen molar-refractivity contribution in [2.24, 2.45) is 0 Å². The van der Waals surface area contributed by atoms with Crippen molar-refractivity contribution in [1.82, 2.24) is 20.2 Å². The van der Waals surface area contributed by atoms with Gasteiger partial charge in [0.25, 0.3) is 5.91 Å². The average Bonchev–Trinajstić information content (AvgIpc) is 2.88. The lowest BCUT2D eigenvalue weighted by Gasteiger charge is -2.09. The van der Waals surface area contributed by atoms with Gasteiger partial charge in [0, 0.05) is 13.7 Å². The summed E-state index contributed by atoms with van der Waals surface area (Å²) >= 11 is 1.36. The van der Waals surface area contributed by atoms with E-state index in [4.69, 9.17) is 9.47 Å². The molecule has 0 atom stereocenters. The van der Waals surface area contributed by atoms with Gasteiger partial charge in [-0.15, -0.1) is 11.3 Å². The molecule has 2 aromatic rings. The number of ether oxygens (including phenoxy) is 2. The molecular weight excluding hydrogens is 328 g/mol. The number of methoxy groups -OCH3 is 2. The van der Waals surface area contributed by atoms with Crippen LogP contribution in [0.2, 0.25) is 0 Å². The minimum absolute atomic E-state index is 0.0791. The van der Waals surface area contributed by atoms with Crippen LogP contribution in [0.5, 0.6) is 5.88 Å². The smallest absolute Gasteiger partial charge is 0.261 e. The highest BCUT2D eigenvalue weighted by atomic mass is 32.1. The number of aromatic nitrogens is 2. The zero-order valence-electron chi connectivity index (χ0n) is 14.8. The second-order valence-corrected chi connectivity index (χ2v) is 6.73. The average molecular weight is 352 g/mol. The van der Waals surface area contributed by atoms with Gasteiger partial charge in [-0.05, 0) is 39.5 Å². The van der Waals surface area contributed by atoms with Crippen LogP contribution in [-0.4, -0.2) is 62.2 Å². The Balaban J connectivity index is 2.24. The molecule has 0 fully saturated rings. The third-order valence-electron chi connectivity index (χ3n) is 3.54. The summed E-state index contributed by atoms with van der Waals surface area (Å²) in [6.07, 6.45) is 0.907. The second kappa shape index (κ2) is 8.36. The van der Waals surface area contributed by atoms with Crippen LogP contribution < -0.4 is 10.1 Å². The topological polar surface area (TPSA) is 76.6 Å². The van der Waals surface area contributed by atoms with E-state index in [9.17, 15) is 4.79 Å². The molecule has 2 heterocycles. The van der Waals surface area contributed by atoms with E-state index in [1.165, 1.54) is 11.3 Å².